The summed E-state index contributed by atoms with van der Waals surface area (Å²) in [5.41, 5.74) is 0.0343. The molecule has 2 aliphatic carbocycles. The first kappa shape index (κ1) is 23.5. The van der Waals surface area contributed by atoms with Crippen LogP contribution >= 0.6 is 11.6 Å². The largest absolute Gasteiger partial charge is 0.377 e. The van der Waals surface area contributed by atoms with E-state index in [1.807, 2.05) is 4.90 Å². The summed E-state index contributed by atoms with van der Waals surface area (Å²) in [6.07, 6.45) is 6.18. The molecule has 7 heteroatoms. The number of ether oxygens (including phenoxy) is 1. The third-order valence-corrected chi connectivity index (χ3v) is 7.92. The second-order valence-electron chi connectivity index (χ2n) is 10.4. The van der Waals surface area contributed by atoms with Gasteiger partial charge in [-0.3, -0.25) is 9.59 Å². The van der Waals surface area contributed by atoms with Gasteiger partial charge < -0.3 is 15.0 Å². The first-order chi connectivity index (χ1) is 15.2. The van der Waals surface area contributed by atoms with Crippen LogP contribution in [0.2, 0.25) is 5.02 Å². The van der Waals surface area contributed by atoms with E-state index in [0.29, 0.717) is 56.4 Å². The molecule has 3 aliphatic rings. The Kier molecular flexibility index (Phi) is 7.11. The number of benzene rings is 1. The monoisotopic (exact) mass is 464 g/mol. The predicted octanol–water partition coefficient (Wildman–Crippen LogP) is 4.68. The Morgan fingerprint density at radius 1 is 1.22 bits per heavy atom. The number of rotatable bonds is 6. The Morgan fingerprint density at radius 3 is 2.59 bits per heavy atom. The van der Waals surface area contributed by atoms with Gasteiger partial charge in [-0.05, 0) is 87.8 Å². The Labute approximate surface area is 195 Å². The molecule has 2 bridgehead atoms. The highest BCUT2D eigenvalue weighted by Crippen LogP contribution is 2.50. The maximum Gasteiger partial charge on any atom is 0.251 e. The number of carbonyl (C=O) groups excluding carboxylic acids is 2. The van der Waals surface area contributed by atoms with Gasteiger partial charge in [0.25, 0.3) is 5.91 Å². The SMILES string of the molecule is CC1(C)COCCN1C(=O)CCC1[C@@H]2CC[C@H]1CC(CNC(=O)c1cc(F)cc(Cl)c1)C2. The number of hydrogen-bond donors (Lipinski definition) is 1. The van der Waals surface area contributed by atoms with Gasteiger partial charge in [0.15, 0.2) is 0 Å². The molecule has 0 radical (unpaired) electrons. The van der Waals surface area contributed by atoms with Gasteiger partial charge >= 0.3 is 0 Å². The lowest BCUT2D eigenvalue weighted by molar-refractivity contribution is -0.146. The Hall–Kier alpha value is -1.66. The van der Waals surface area contributed by atoms with Crippen molar-refractivity contribution in [2.75, 3.05) is 26.3 Å². The molecule has 0 spiro atoms. The summed E-state index contributed by atoms with van der Waals surface area (Å²) >= 11 is 5.87. The number of nitrogens with one attached hydrogen (secondary N) is 1. The molecule has 2 amide bonds. The highest BCUT2D eigenvalue weighted by atomic mass is 35.5. The van der Waals surface area contributed by atoms with Gasteiger partial charge in [0.2, 0.25) is 5.91 Å². The molecule has 176 valence electrons. The zero-order chi connectivity index (χ0) is 22.9. The predicted molar refractivity (Wildman–Crippen MR) is 122 cm³/mol. The first-order valence-electron chi connectivity index (χ1n) is 11.9. The van der Waals surface area contributed by atoms with Gasteiger partial charge in [0.05, 0.1) is 18.8 Å². The normalized spacial score (nSPS) is 29.1. The molecular weight excluding hydrogens is 431 g/mol. The van der Waals surface area contributed by atoms with Crippen LogP contribution in [0.15, 0.2) is 18.2 Å². The minimum Gasteiger partial charge on any atom is -0.377 e. The molecule has 3 fully saturated rings. The summed E-state index contributed by atoms with van der Waals surface area (Å²) in [5, 5.41) is 3.20. The van der Waals surface area contributed by atoms with Crippen molar-refractivity contribution in [3.8, 4) is 0 Å². The number of halogens is 2. The Morgan fingerprint density at radius 2 is 1.94 bits per heavy atom. The summed E-state index contributed by atoms with van der Waals surface area (Å²) in [6, 6.07) is 3.91. The molecule has 1 aromatic carbocycles. The Balaban J connectivity index is 1.26. The van der Waals surface area contributed by atoms with E-state index in [1.54, 1.807) is 0 Å². The fourth-order valence-electron chi connectivity index (χ4n) is 6.19. The van der Waals surface area contributed by atoms with Crippen LogP contribution in [0.5, 0.6) is 0 Å². The zero-order valence-electron chi connectivity index (χ0n) is 19.0. The number of amides is 2. The third-order valence-electron chi connectivity index (χ3n) is 7.71. The fraction of sp³-hybridized carbons (Fsp3) is 0.680. The lowest BCUT2D eigenvalue weighted by atomic mass is 9.71. The van der Waals surface area contributed by atoms with E-state index in [2.05, 4.69) is 19.2 Å². The van der Waals surface area contributed by atoms with E-state index >= 15 is 0 Å². The fourth-order valence-corrected chi connectivity index (χ4v) is 6.41. The summed E-state index contributed by atoms with van der Waals surface area (Å²) < 4.78 is 19.1. The smallest absolute Gasteiger partial charge is 0.251 e. The van der Waals surface area contributed by atoms with Crippen molar-refractivity contribution in [3.63, 3.8) is 0 Å². The van der Waals surface area contributed by atoms with Gasteiger partial charge in [-0.1, -0.05) is 11.6 Å². The van der Waals surface area contributed by atoms with Crippen molar-refractivity contribution in [2.24, 2.45) is 23.7 Å². The number of hydrogen-bond acceptors (Lipinski definition) is 3. The second kappa shape index (κ2) is 9.68. The highest BCUT2D eigenvalue weighted by Gasteiger charge is 2.43. The summed E-state index contributed by atoms with van der Waals surface area (Å²) in [7, 11) is 0. The van der Waals surface area contributed by atoms with Crippen LogP contribution in [-0.2, 0) is 9.53 Å². The number of carbonyl (C=O) groups is 2. The molecule has 1 aliphatic heterocycles. The minimum absolute atomic E-state index is 0.226. The number of nitrogens with zero attached hydrogens (tertiary/aromatic N) is 1. The molecule has 5 nitrogen and oxygen atoms in total. The van der Waals surface area contributed by atoms with Crippen LogP contribution < -0.4 is 5.32 Å². The van der Waals surface area contributed by atoms with Gasteiger partial charge in [0.1, 0.15) is 5.82 Å². The van der Waals surface area contributed by atoms with Crippen molar-refractivity contribution in [1.29, 1.82) is 0 Å². The van der Waals surface area contributed by atoms with Crippen molar-refractivity contribution in [2.45, 2.75) is 57.9 Å². The van der Waals surface area contributed by atoms with E-state index in [-0.39, 0.29) is 27.9 Å². The van der Waals surface area contributed by atoms with Crippen molar-refractivity contribution in [1.82, 2.24) is 10.2 Å². The Bertz CT molecular complexity index is 827. The van der Waals surface area contributed by atoms with Crippen molar-refractivity contribution in [3.05, 3.63) is 34.6 Å². The van der Waals surface area contributed by atoms with E-state index in [9.17, 15) is 14.0 Å². The first-order valence-corrected chi connectivity index (χ1v) is 12.2. The average Bonchev–Trinajstić information content (AvgIpc) is 2.96. The van der Waals surface area contributed by atoms with Crippen LogP contribution in [0.3, 0.4) is 0 Å². The van der Waals surface area contributed by atoms with Crippen molar-refractivity contribution < 1.29 is 18.7 Å². The molecule has 1 aromatic rings. The van der Waals surface area contributed by atoms with Crippen LogP contribution in [0, 0.1) is 29.5 Å². The van der Waals surface area contributed by atoms with Gasteiger partial charge in [-0.25, -0.2) is 4.39 Å². The maximum absolute atomic E-state index is 13.5. The number of morpholine rings is 1. The van der Waals surface area contributed by atoms with E-state index < -0.39 is 5.82 Å². The molecule has 1 saturated heterocycles. The van der Waals surface area contributed by atoms with Crippen LogP contribution in [-0.4, -0.2) is 48.6 Å². The molecular formula is C25H34ClFN2O3. The number of fused-ring (bicyclic) bond motifs is 2. The standard InChI is InChI=1S/C25H34ClFN2O3/c1-25(2)15-32-8-7-29(25)23(30)6-5-22-17-3-4-18(22)10-16(9-17)14-28-24(31)19-11-20(26)13-21(27)12-19/h11-13,16-18,22H,3-10,14-15H2,1-2H3,(H,28,31)/t16?,17-,18+,22?. The summed E-state index contributed by atoms with van der Waals surface area (Å²) in [4.78, 5) is 27.3. The highest BCUT2D eigenvalue weighted by molar-refractivity contribution is 6.31. The van der Waals surface area contributed by atoms with E-state index in [0.717, 1.165) is 19.3 Å². The second-order valence-corrected chi connectivity index (χ2v) is 10.9. The van der Waals surface area contributed by atoms with Gasteiger partial charge in [-0.15, -0.1) is 0 Å². The molecule has 0 aromatic heterocycles. The maximum atomic E-state index is 13.5. The van der Waals surface area contributed by atoms with Crippen LogP contribution in [0.1, 0.15) is 62.7 Å². The molecule has 2 unspecified atom stereocenters. The quantitative estimate of drug-likeness (QED) is 0.665. The van der Waals surface area contributed by atoms with E-state index in [1.165, 1.54) is 31.0 Å². The molecule has 1 N–H and O–H groups in total. The average molecular weight is 465 g/mol. The summed E-state index contributed by atoms with van der Waals surface area (Å²) in [5.74, 6) is 1.77. The topological polar surface area (TPSA) is 58.6 Å². The zero-order valence-corrected chi connectivity index (χ0v) is 19.8. The van der Waals surface area contributed by atoms with Crippen LogP contribution in [0.4, 0.5) is 4.39 Å². The molecule has 4 rings (SSSR count). The van der Waals surface area contributed by atoms with Crippen LogP contribution in [0.25, 0.3) is 0 Å². The third kappa shape index (κ3) is 5.28. The molecule has 1 heterocycles. The lowest BCUT2D eigenvalue weighted by Crippen LogP contribution is -2.55. The molecule has 32 heavy (non-hydrogen) atoms. The van der Waals surface area contributed by atoms with Crippen molar-refractivity contribution >= 4 is 23.4 Å². The van der Waals surface area contributed by atoms with Gasteiger partial charge in [0, 0.05) is 30.1 Å². The minimum atomic E-state index is -0.504. The lowest BCUT2D eigenvalue weighted by Gasteiger charge is -2.42. The summed E-state index contributed by atoms with van der Waals surface area (Å²) in [6.45, 7) is 6.66. The van der Waals surface area contributed by atoms with E-state index in [4.69, 9.17) is 16.3 Å². The molecule has 2 saturated carbocycles. The van der Waals surface area contributed by atoms with Gasteiger partial charge in [-0.2, -0.15) is 0 Å². The molecule has 4 atom stereocenters.